The van der Waals surface area contributed by atoms with Crippen molar-refractivity contribution in [1.29, 1.82) is 0 Å². The third-order valence-electron chi connectivity index (χ3n) is 6.47. The van der Waals surface area contributed by atoms with Crippen LogP contribution in [0.25, 0.3) is 0 Å². The first-order valence-corrected chi connectivity index (χ1v) is 8.99. The first kappa shape index (κ1) is 16.0. The molecule has 0 bridgehead atoms. The van der Waals surface area contributed by atoms with Gasteiger partial charge in [-0.15, -0.1) is 0 Å². The fourth-order valence-electron chi connectivity index (χ4n) is 4.97. The minimum Gasteiger partial charge on any atom is -0.301 e. The van der Waals surface area contributed by atoms with E-state index >= 15 is 0 Å². The predicted molar refractivity (Wildman–Crippen MR) is 89.8 cm³/mol. The molecule has 130 valence electrons. The van der Waals surface area contributed by atoms with Crippen LogP contribution in [0.3, 0.4) is 0 Å². The lowest BCUT2D eigenvalue weighted by Crippen LogP contribution is -2.43. The average molecular weight is 330 g/mol. The molecule has 2 aliphatic heterocycles. The van der Waals surface area contributed by atoms with Crippen LogP contribution in [0.5, 0.6) is 0 Å². The number of amides is 1. The van der Waals surface area contributed by atoms with Crippen LogP contribution in [0.2, 0.25) is 0 Å². The molecule has 3 aliphatic rings. The lowest BCUT2D eigenvalue weighted by atomic mass is 9.93. The zero-order valence-electron chi connectivity index (χ0n) is 14.3. The third kappa shape index (κ3) is 2.62. The van der Waals surface area contributed by atoms with Crippen LogP contribution in [0.4, 0.5) is 0 Å². The van der Waals surface area contributed by atoms with Crippen molar-refractivity contribution >= 4 is 5.91 Å². The summed E-state index contributed by atoms with van der Waals surface area (Å²) in [7, 11) is 2.29. The van der Waals surface area contributed by atoms with E-state index in [1.807, 2.05) is 6.07 Å². The summed E-state index contributed by atoms with van der Waals surface area (Å²) >= 11 is 0. The van der Waals surface area contributed by atoms with E-state index in [1.54, 1.807) is 11.7 Å². The molecule has 4 rings (SSSR count). The van der Waals surface area contributed by atoms with Gasteiger partial charge in [0.05, 0.1) is 11.3 Å². The number of aromatic nitrogens is 1. The van der Waals surface area contributed by atoms with Crippen LogP contribution in [-0.2, 0) is 13.0 Å². The molecular weight excluding hydrogens is 304 g/mol. The fraction of sp³-hybridized carbons (Fsp3) is 0.667. The van der Waals surface area contributed by atoms with E-state index in [-0.39, 0.29) is 0 Å². The second-order valence-corrected chi connectivity index (χ2v) is 7.64. The van der Waals surface area contributed by atoms with Gasteiger partial charge in [-0.25, -0.2) is 5.48 Å². The van der Waals surface area contributed by atoms with Crippen molar-refractivity contribution in [1.82, 2.24) is 20.3 Å². The van der Waals surface area contributed by atoms with Crippen molar-refractivity contribution in [3.63, 3.8) is 0 Å². The van der Waals surface area contributed by atoms with Crippen molar-refractivity contribution in [2.45, 2.75) is 56.7 Å². The second kappa shape index (κ2) is 6.10. The van der Waals surface area contributed by atoms with Crippen LogP contribution in [0, 0.1) is 0 Å². The molecule has 6 nitrogen and oxygen atoms in total. The largest absolute Gasteiger partial charge is 0.301 e. The lowest BCUT2D eigenvalue weighted by molar-refractivity contribution is 0.0705. The van der Waals surface area contributed by atoms with Gasteiger partial charge in [-0.2, -0.15) is 0 Å². The summed E-state index contributed by atoms with van der Waals surface area (Å²) in [5.74, 6) is -0.491. The summed E-state index contributed by atoms with van der Waals surface area (Å²) in [6, 6.07) is 2.52. The molecule has 3 heterocycles. The van der Waals surface area contributed by atoms with Crippen LogP contribution in [-0.4, -0.2) is 57.6 Å². The molecule has 24 heavy (non-hydrogen) atoms. The zero-order chi connectivity index (χ0) is 16.7. The number of pyridine rings is 1. The number of carbonyl (C=O) groups excluding carboxylic acids is 1. The van der Waals surface area contributed by atoms with Crippen LogP contribution >= 0.6 is 0 Å². The second-order valence-electron chi connectivity index (χ2n) is 7.64. The van der Waals surface area contributed by atoms with E-state index in [1.165, 1.54) is 38.6 Å². The summed E-state index contributed by atoms with van der Waals surface area (Å²) in [6.45, 7) is 3.15. The van der Waals surface area contributed by atoms with Crippen LogP contribution < -0.4 is 5.48 Å². The number of hydrogen-bond donors (Lipinski definition) is 2. The topological polar surface area (TPSA) is 68.7 Å². The summed E-state index contributed by atoms with van der Waals surface area (Å²) in [5, 5.41) is 8.76. The van der Waals surface area contributed by atoms with Crippen LogP contribution in [0.1, 0.15) is 53.7 Å². The highest BCUT2D eigenvalue weighted by Gasteiger charge is 2.46. The monoisotopic (exact) mass is 330 g/mol. The predicted octanol–water partition coefficient (Wildman–Crippen LogP) is 1.58. The van der Waals surface area contributed by atoms with Gasteiger partial charge in [0.25, 0.3) is 5.91 Å². The SMILES string of the molecule is CN1CCC[C@]12CC[C@H](N1CCc3cc(C(=O)NO)cnc3C1)C2. The van der Waals surface area contributed by atoms with Gasteiger partial charge in [0.1, 0.15) is 0 Å². The van der Waals surface area contributed by atoms with Gasteiger partial charge < -0.3 is 4.90 Å². The molecule has 2 N–H and O–H groups in total. The molecule has 6 heteroatoms. The van der Waals surface area contributed by atoms with Gasteiger partial charge in [-0.3, -0.25) is 19.9 Å². The Morgan fingerprint density at radius 1 is 1.42 bits per heavy atom. The standard InChI is InChI=1S/C18H26N4O2/c1-21-7-2-5-18(21)6-3-15(10-18)22-8-4-13-9-14(17(23)20-24)11-19-16(13)12-22/h9,11,15,24H,2-8,10,12H2,1H3,(H,20,23)/t15-,18+/m0/s1. The average Bonchev–Trinajstić information content (AvgIpc) is 3.20. The first-order valence-electron chi connectivity index (χ1n) is 8.99. The maximum absolute atomic E-state index is 11.5. The van der Waals surface area contributed by atoms with Gasteiger partial charge >= 0.3 is 0 Å². The lowest BCUT2D eigenvalue weighted by Gasteiger charge is -2.36. The van der Waals surface area contributed by atoms with E-state index in [9.17, 15) is 4.79 Å². The fourth-order valence-corrected chi connectivity index (χ4v) is 4.97. The highest BCUT2D eigenvalue weighted by atomic mass is 16.5. The van der Waals surface area contributed by atoms with Crippen molar-refractivity contribution < 1.29 is 10.0 Å². The van der Waals surface area contributed by atoms with Gasteiger partial charge in [0.15, 0.2) is 0 Å². The maximum atomic E-state index is 11.5. The van der Waals surface area contributed by atoms with E-state index in [0.29, 0.717) is 17.1 Å². The minimum atomic E-state index is -0.491. The molecule has 1 aromatic rings. The Bertz CT molecular complexity index is 650. The Hall–Kier alpha value is -1.50. The first-order chi connectivity index (χ1) is 11.6. The van der Waals surface area contributed by atoms with Crippen molar-refractivity contribution in [2.24, 2.45) is 0 Å². The number of hydrogen-bond acceptors (Lipinski definition) is 5. The summed E-state index contributed by atoms with van der Waals surface area (Å²) in [5.41, 5.74) is 4.77. The zero-order valence-corrected chi connectivity index (χ0v) is 14.3. The van der Waals surface area contributed by atoms with Gasteiger partial charge in [0, 0.05) is 30.9 Å². The Morgan fingerprint density at radius 2 is 2.29 bits per heavy atom. The number of carbonyl (C=O) groups is 1. The Kier molecular flexibility index (Phi) is 4.06. The summed E-state index contributed by atoms with van der Waals surface area (Å²) in [4.78, 5) is 21.2. The maximum Gasteiger partial charge on any atom is 0.276 e. The van der Waals surface area contributed by atoms with E-state index in [2.05, 4.69) is 21.8 Å². The quantitative estimate of drug-likeness (QED) is 0.636. The smallest absolute Gasteiger partial charge is 0.276 e. The number of rotatable bonds is 2. The van der Waals surface area contributed by atoms with Crippen molar-refractivity contribution in [2.75, 3.05) is 20.1 Å². The molecule has 0 unspecified atom stereocenters. The van der Waals surface area contributed by atoms with E-state index in [4.69, 9.17) is 5.21 Å². The number of hydroxylamine groups is 1. The molecule has 0 aromatic carbocycles. The minimum absolute atomic E-state index is 0.428. The van der Waals surface area contributed by atoms with Gasteiger partial charge in [-0.05, 0) is 63.7 Å². The number of fused-ring (bicyclic) bond motifs is 1. The molecule has 2 fully saturated rings. The Morgan fingerprint density at radius 3 is 3.04 bits per heavy atom. The summed E-state index contributed by atoms with van der Waals surface area (Å²) < 4.78 is 0. The van der Waals surface area contributed by atoms with Gasteiger partial charge in [0.2, 0.25) is 0 Å². The van der Waals surface area contributed by atoms with Crippen molar-refractivity contribution in [3.05, 3.63) is 29.1 Å². The molecule has 0 radical (unpaired) electrons. The summed E-state index contributed by atoms with van der Waals surface area (Å²) in [6.07, 6.45) is 9.06. The molecule has 1 saturated carbocycles. The Balaban J connectivity index is 1.46. The van der Waals surface area contributed by atoms with E-state index in [0.717, 1.165) is 30.8 Å². The molecule has 1 aliphatic carbocycles. The molecule has 1 spiro atoms. The van der Waals surface area contributed by atoms with Crippen molar-refractivity contribution in [3.8, 4) is 0 Å². The third-order valence-corrected chi connectivity index (χ3v) is 6.47. The number of nitrogens with one attached hydrogen (secondary N) is 1. The molecule has 1 aromatic heterocycles. The van der Waals surface area contributed by atoms with Gasteiger partial charge in [-0.1, -0.05) is 0 Å². The highest BCUT2D eigenvalue weighted by Crippen LogP contribution is 2.44. The highest BCUT2D eigenvalue weighted by molar-refractivity contribution is 5.93. The number of likely N-dealkylation sites (tertiary alicyclic amines) is 1. The van der Waals surface area contributed by atoms with Crippen LogP contribution in [0.15, 0.2) is 12.3 Å². The Labute approximate surface area is 142 Å². The molecule has 1 amide bonds. The number of nitrogens with zero attached hydrogens (tertiary/aromatic N) is 3. The normalized spacial score (nSPS) is 30.7. The molecule has 2 atom stereocenters. The molecular formula is C18H26N4O2. The molecule has 1 saturated heterocycles. The van der Waals surface area contributed by atoms with E-state index < -0.39 is 5.91 Å².